The summed E-state index contributed by atoms with van der Waals surface area (Å²) in [4.78, 5) is 2.62. The number of likely N-dealkylation sites (tertiary alicyclic amines) is 1. The molecule has 2 aliphatic rings. The molecule has 0 radical (unpaired) electrons. The van der Waals surface area contributed by atoms with Gasteiger partial charge in [-0.2, -0.15) is 5.26 Å². The first-order valence-corrected chi connectivity index (χ1v) is 8.60. The van der Waals surface area contributed by atoms with E-state index in [1.807, 2.05) is 0 Å². The number of nitrogens with two attached hydrogens (primary N) is 1. The molecule has 114 valence electrons. The molecule has 1 aliphatic carbocycles. The molecule has 0 bridgehead atoms. The van der Waals surface area contributed by atoms with Crippen LogP contribution in [-0.2, 0) is 0 Å². The van der Waals surface area contributed by atoms with E-state index in [0.717, 1.165) is 38.1 Å². The first-order valence-electron chi connectivity index (χ1n) is 8.60. The van der Waals surface area contributed by atoms with E-state index < -0.39 is 5.54 Å². The van der Waals surface area contributed by atoms with Crippen LogP contribution in [0.2, 0.25) is 0 Å². The van der Waals surface area contributed by atoms with Gasteiger partial charge in [0.1, 0.15) is 5.54 Å². The van der Waals surface area contributed by atoms with Crippen LogP contribution in [0, 0.1) is 23.2 Å². The van der Waals surface area contributed by atoms with Crippen LogP contribution >= 0.6 is 0 Å². The van der Waals surface area contributed by atoms with Crippen LogP contribution in [0.5, 0.6) is 0 Å². The van der Waals surface area contributed by atoms with Crippen molar-refractivity contribution in [3.8, 4) is 6.07 Å². The Labute approximate surface area is 124 Å². The third-order valence-corrected chi connectivity index (χ3v) is 5.51. The largest absolute Gasteiger partial charge is 0.313 e. The van der Waals surface area contributed by atoms with Crippen LogP contribution in [0.1, 0.15) is 64.7 Å². The SMILES string of the molecule is CCCC1CCCN(CCC2CCCC2(N)C#N)CC1. The standard InChI is InChI=1S/C17H31N3/c1-2-5-15-6-4-11-20(12-8-15)13-9-16-7-3-10-17(16,19)14-18/h15-16H,2-13,19H2,1H3. The summed E-state index contributed by atoms with van der Waals surface area (Å²) < 4.78 is 0. The van der Waals surface area contributed by atoms with Gasteiger partial charge in [0.15, 0.2) is 0 Å². The van der Waals surface area contributed by atoms with Gasteiger partial charge in [0.05, 0.1) is 6.07 Å². The lowest BCUT2D eigenvalue weighted by Gasteiger charge is -2.27. The molecule has 2 fully saturated rings. The second-order valence-corrected chi connectivity index (χ2v) is 6.96. The molecule has 0 aromatic carbocycles. The molecule has 3 unspecified atom stereocenters. The number of hydrogen-bond donors (Lipinski definition) is 1. The van der Waals surface area contributed by atoms with E-state index in [1.165, 1.54) is 45.2 Å². The summed E-state index contributed by atoms with van der Waals surface area (Å²) in [5, 5.41) is 9.28. The highest BCUT2D eigenvalue weighted by Crippen LogP contribution is 2.35. The van der Waals surface area contributed by atoms with E-state index in [0.29, 0.717) is 5.92 Å². The van der Waals surface area contributed by atoms with Crippen LogP contribution in [0.15, 0.2) is 0 Å². The van der Waals surface area contributed by atoms with Crippen molar-refractivity contribution in [3.63, 3.8) is 0 Å². The maximum atomic E-state index is 9.28. The predicted octanol–water partition coefficient (Wildman–Crippen LogP) is 3.30. The van der Waals surface area contributed by atoms with Gasteiger partial charge >= 0.3 is 0 Å². The Balaban J connectivity index is 1.76. The predicted molar refractivity (Wildman–Crippen MR) is 83.2 cm³/mol. The molecule has 1 saturated carbocycles. The summed E-state index contributed by atoms with van der Waals surface area (Å²) in [5.41, 5.74) is 5.70. The third-order valence-electron chi connectivity index (χ3n) is 5.51. The fourth-order valence-electron chi connectivity index (χ4n) is 4.14. The summed E-state index contributed by atoms with van der Waals surface area (Å²) >= 11 is 0. The second-order valence-electron chi connectivity index (χ2n) is 6.96. The second kappa shape index (κ2) is 7.43. The topological polar surface area (TPSA) is 53.0 Å². The monoisotopic (exact) mass is 277 g/mol. The molecule has 3 nitrogen and oxygen atoms in total. The lowest BCUT2D eigenvalue weighted by atomic mass is 9.87. The van der Waals surface area contributed by atoms with E-state index in [2.05, 4.69) is 17.9 Å². The van der Waals surface area contributed by atoms with Gasteiger partial charge in [-0.05, 0) is 70.0 Å². The van der Waals surface area contributed by atoms with Crippen LogP contribution in [0.3, 0.4) is 0 Å². The number of rotatable bonds is 5. The van der Waals surface area contributed by atoms with Crippen molar-refractivity contribution >= 4 is 0 Å². The number of nitrogens with zero attached hydrogens (tertiary/aromatic N) is 2. The summed E-state index contributed by atoms with van der Waals surface area (Å²) in [6.45, 7) is 5.94. The van der Waals surface area contributed by atoms with Gasteiger partial charge in [0.25, 0.3) is 0 Å². The normalized spacial score (nSPS) is 35.6. The minimum atomic E-state index is -0.531. The molecule has 1 aliphatic heterocycles. The Kier molecular flexibility index (Phi) is 5.86. The number of hydrogen-bond acceptors (Lipinski definition) is 3. The van der Waals surface area contributed by atoms with Crippen molar-refractivity contribution in [1.29, 1.82) is 5.26 Å². The highest BCUT2D eigenvalue weighted by Gasteiger charge is 2.39. The Morgan fingerprint density at radius 3 is 2.80 bits per heavy atom. The molecule has 2 rings (SSSR count). The fourth-order valence-corrected chi connectivity index (χ4v) is 4.14. The lowest BCUT2D eigenvalue weighted by molar-refractivity contribution is 0.241. The highest BCUT2D eigenvalue weighted by molar-refractivity contribution is 5.11. The van der Waals surface area contributed by atoms with Gasteiger partial charge in [-0.1, -0.05) is 26.2 Å². The third kappa shape index (κ3) is 3.96. The summed E-state index contributed by atoms with van der Waals surface area (Å²) in [5.74, 6) is 1.37. The van der Waals surface area contributed by atoms with Gasteiger partial charge in [-0.3, -0.25) is 0 Å². The van der Waals surface area contributed by atoms with Crippen molar-refractivity contribution in [2.24, 2.45) is 17.6 Å². The van der Waals surface area contributed by atoms with Crippen molar-refractivity contribution in [2.75, 3.05) is 19.6 Å². The highest BCUT2D eigenvalue weighted by atomic mass is 15.1. The summed E-state index contributed by atoms with van der Waals surface area (Å²) in [7, 11) is 0. The van der Waals surface area contributed by atoms with E-state index in [4.69, 9.17) is 5.73 Å². The van der Waals surface area contributed by atoms with Crippen molar-refractivity contribution in [3.05, 3.63) is 0 Å². The van der Waals surface area contributed by atoms with Gasteiger partial charge in [0, 0.05) is 0 Å². The molecule has 1 saturated heterocycles. The minimum absolute atomic E-state index is 0.419. The summed E-state index contributed by atoms with van der Waals surface area (Å²) in [6.07, 6.45) is 11.1. The Bertz CT molecular complexity index is 336. The quantitative estimate of drug-likeness (QED) is 0.839. The van der Waals surface area contributed by atoms with E-state index in [9.17, 15) is 5.26 Å². The smallest absolute Gasteiger partial charge is 0.107 e. The van der Waals surface area contributed by atoms with E-state index >= 15 is 0 Å². The molecule has 20 heavy (non-hydrogen) atoms. The van der Waals surface area contributed by atoms with Gasteiger partial charge in [0.2, 0.25) is 0 Å². The van der Waals surface area contributed by atoms with Crippen LogP contribution in [0.25, 0.3) is 0 Å². The zero-order valence-corrected chi connectivity index (χ0v) is 13.1. The van der Waals surface area contributed by atoms with Crippen LogP contribution in [0.4, 0.5) is 0 Å². The molecule has 2 N–H and O–H groups in total. The average Bonchev–Trinajstić information content (AvgIpc) is 2.68. The van der Waals surface area contributed by atoms with Crippen LogP contribution < -0.4 is 5.73 Å². The first kappa shape index (κ1) is 15.8. The Morgan fingerprint density at radius 2 is 2.05 bits per heavy atom. The number of nitriles is 1. The van der Waals surface area contributed by atoms with Gasteiger partial charge < -0.3 is 10.6 Å². The molecular weight excluding hydrogens is 246 g/mol. The van der Waals surface area contributed by atoms with Crippen molar-refractivity contribution < 1.29 is 0 Å². The average molecular weight is 277 g/mol. The molecule has 0 amide bonds. The molecule has 0 aromatic rings. The van der Waals surface area contributed by atoms with Crippen LogP contribution in [-0.4, -0.2) is 30.1 Å². The zero-order chi connectivity index (χ0) is 14.4. The summed E-state index contributed by atoms with van der Waals surface area (Å²) in [6, 6.07) is 2.37. The Hall–Kier alpha value is -0.590. The first-order chi connectivity index (χ1) is 9.68. The maximum absolute atomic E-state index is 9.28. The Morgan fingerprint density at radius 1 is 1.20 bits per heavy atom. The molecule has 3 atom stereocenters. The van der Waals surface area contributed by atoms with E-state index in [-0.39, 0.29) is 0 Å². The van der Waals surface area contributed by atoms with E-state index in [1.54, 1.807) is 0 Å². The van der Waals surface area contributed by atoms with Gasteiger partial charge in [-0.25, -0.2) is 0 Å². The molecule has 0 aromatic heterocycles. The fraction of sp³-hybridized carbons (Fsp3) is 0.941. The molecule has 1 heterocycles. The molecule has 3 heteroatoms. The van der Waals surface area contributed by atoms with Gasteiger partial charge in [-0.15, -0.1) is 0 Å². The molecule has 0 spiro atoms. The molecular formula is C17H31N3. The lowest BCUT2D eigenvalue weighted by Crippen LogP contribution is -2.43. The van der Waals surface area contributed by atoms with Crippen molar-refractivity contribution in [1.82, 2.24) is 4.90 Å². The van der Waals surface area contributed by atoms with Crippen molar-refractivity contribution in [2.45, 2.75) is 70.3 Å². The zero-order valence-electron chi connectivity index (χ0n) is 13.1. The maximum Gasteiger partial charge on any atom is 0.107 e. The minimum Gasteiger partial charge on any atom is -0.313 e.